The van der Waals surface area contributed by atoms with Crippen molar-refractivity contribution in [3.63, 3.8) is 0 Å². The van der Waals surface area contributed by atoms with Crippen molar-refractivity contribution in [2.24, 2.45) is 4.99 Å². The molecule has 0 bridgehead atoms. The molecule has 0 spiro atoms. The van der Waals surface area contributed by atoms with Crippen LogP contribution in [0.1, 0.15) is 76.3 Å². The van der Waals surface area contributed by atoms with Crippen LogP contribution in [0.3, 0.4) is 0 Å². The molecular formula is C23H32N2O2. The number of pyridine rings is 1. The Morgan fingerprint density at radius 2 is 1.96 bits per heavy atom. The van der Waals surface area contributed by atoms with Gasteiger partial charge < -0.3 is 9.67 Å². The highest BCUT2D eigenvalue weighted by Gasteiger charge is 2.18. The first-order valence-electron chi connectivity index (χ1n) is 10.6. The number of nitrogens with zero attached hydrogens (tertiary/aromatic N) is 2. The van der Waals surface area contributed by atoms with Gasteiger partial charge in [0.2, 0.25) is 0 Å². The molecule has 1 aromatic heterocycles. The number of rotatable bonds is 7. The van der Waals surface area contributed by atoms with Crippen molar-refractivity contribution in [2.75, 3.05) is 0 Å². The van der Waals surface area contributed by atoms with Crippen molar-refractivity contribution in [3.8, 4) is 5.75 Å². The molecule has 0 unspecified atom stereocenters. The van der Waals surface area contributed by atoms with Crippen molar-refractivity contribution in [2.45, 2.75) is 84.2 Å². The summed E-state index contributed by atoms with van der Waals surface area (Å²) in [5.74, 6) is 0.0802. The van der Waals surface area contributed by atoms with E-state index in [2.05, 4.69) is 18.8 Å². The fourth-order valence-corrected chi connectivity index (χ4v) is 4.14. The average molecular weight is 369 g/mol. The van der Waals surface area contributed by atoms with Crippen LogP contribution in [0.4, 0.5) is 0 Å². The number of hydrogen-bond acceptors (Lipinski definition) is 3. The number of unbranched alkanes of at least 4 members (excludes halogenated alkanes) is 2. The average Bonchev–Trinajstić information content (AvgIpc) is 2.70. The van der Waals surface area contributed by atoms with Crippen molar-refractivity contribution < 1.29 is 5.11 Å². The molecule has 1 heterocycles. The van der Waals surface area contributed by atoms with E-state index < -0.39 is 0 Å². The zero-order valence-corrected chi connectivity index (χ0v) is 16.7. The molecule has 1 saturated carbocycles. The van der Waals surface area contributed by atoms with Gasteiger partial charge in [0, 0.05) is 24.2 Å². The van der Waals surface area contributed by atoms with E-state index in [-0.39, 0.29) is 17.4 Å². The van der Waals surface area contributed by atoms with Crippen molar-refractivity contribution in [1.29, 1.82) is 0 Å². The van der Waals surface area contributed by atoms with Gasteiger partial charge in [-0.25, -0.2) is 0 Å². The van der Waals surface area contributed by atoms with E-state index in [4.69, 9.17) is 0 Å². The lowest BCUT2D eigenvalue weighted by molar-refractivity contribution is 0.444. The number of hydrogen-bond donors (Lipinski definition) is 1. The molecule has 3 rings (SSSR count). The summed E-state index contributed by atoms with van der Waals surface area (Å²) in [7, 11) is 0. The number of aryl methyl sites for hydroxylation is 2. The van der Waals surface area contributed by atoms with Crippen LogP contribution in [-0.2, 0) is 13.0 Å². The molecule has 0 atom stereocenters. The molecular weight excluding hydrogens is 336 g/mol. The van der Waals surface area contributed by atoms with Gasteiger partial charge in [-0.3, -0.25) is 9.79 Å². The Labute approximate surface area is 161 Å². The third-order valence-corrected chi connectivity index (χ3v) is 5.73. The highest BCUT2D eigenvalue weighted by Crippen LogP contribution is 2.29. The predicted molar refractivity (Wildman–Crippen MR) is 113 cm³/mol. The largest absolute Gasteiger partial charge is 0.506 e. The highest BCUT2D eigenvalue weighted by molar-refractivity contribution is 5.96. The number of aromatic hydroxyl groups is 1. The fourth-order valence-electron chi connectivity index (χ4n) is 4.14. The number of aliphatic imine (C=N–C) groups is 1. The maximum absolute atomic E-state index is 13.3. The van der Waals surface area contributed by atoms with Crippen LogP contribution in [0.5, 0.6) is 5.75 Å². The Kier molecular flexibility index (Phi) is 6.70. The van der Waals surface area contributed by atoms with Gasteiger partial charge in [0.25, 0.3) is 5.56 Å². The third kappa shape index (κ3) is 4.26. The molecule has 146 valence electrons. The summed E-state index contributed by atoms with van der Waals surface area (Å²) in [6.45, 7) is 4.94. The normalized spacial score (nSPS) is 15.8. The Bertz CT molecular complexity index is 861. The van der Waals surface area contributed by atoms with E-state index >= 15 is 0 Å². The number of aromatic nitrogens is 1. The summed E-state index contributed by atoms with van der Waals surface area (Å²) in [5, 5.41) is 11.6. The van der Waals surface area contributed by atoms with E-state index in [1.165, 1.54) is 19.3 Å². The molecule has 0 aliphatic heterocycles. The maximum Gasteiger partial charge on any atom is 0.263 e. The van der Waals surface area contributed by atoms with Crippen LogP contribution < -0.4 is 5.56 Å². The maximum atomic E-state index is 13.3. The zero-order chi connectivity index (χ0) is 19.2. The minimum Gasteiger partial charge on any atom is -0.506 e. The minimum atomic E-state index is -0.114. The van der Waals surface area contributed by atoms with E-state index in [0.717, 1.165) is 55.0 Å². The lowest BCUT2D eigenvalue weighted by Crippen LogP contribution is -2.25. The summed E-state index contributed by atoms with van der Waals surface area (Å²) in [4.78, 5) is 17.9. The molecule has 1 fully saturated rings. The Hall–Kier alpha value is -2.10. The lowest BCUT2D eigenvalue weighted by Gasteiger charge is -2.18. The molecule has 4 heteroatoms. The molecule has 0 radical (unpaired) electrons. The second kappa shape index (κ2) is 9.20. The van der Waals surface area contributed by atoms with Gasteiger partial charge >= 0.3 is 0 Å². The number of fused-ring (bicyclic) bond motifs is 1. The summed E-state index contributed by atoms with van der Waals surface area (Å²) in [6, 6.07) is 6.21. The molecule has 1 aromatic carbocycles. The van der Waals surface area contributed by atoms with Crippen molar-refractivity contribution in [1.82, 2.24) is 4.57 Å². The monoisotopic (exact) mass is 368 g/mol. The van der Waals surface area contributed by atoms with Gasteiger partial charge in [0.15, 0.2) is 0 Å². The standard InChI is InChI=1S/C23H32N2O2/c1-3-5-9-15-25-21-17(4-2)11-10-14-19(21)22(26)20(23(25)27)16-24-18-12-7-6-8-13-18/h10-11,14,16,18,26H,3-9,12-13,15H2,1-2H3. The van der Waals surface area contributed by atoms with Gasteiger partial charge in [-0.1, -0.05) is 58.1 Å². The fraction of sp³-hybridized carbons (Fsp3) is 0.565. The van der Waals surface area contributed by atoms with Gasteiger partial charge in [0.1, 0.15) is 11.3 Å². The van der Waals surface area contributed by atoms with Crippen LogP contribution in [0.2, 0.25) is 0 Å². The Morgan fingerprint density at radius 1 is 1.19 bits per heavy atom. The third-order valence-electron chi connectivity index (χ3n) is 5.73. The smallest absolute Gasteiger partial charge is 0.263 e. The predicted octanol–water partition coefficient (Wildman–Crippen LogP) is 5.21. The van der Waals surface area contributed by atoms with E-state index in [9.17, 15) is 9.90 Å². The van der Waals surface area contributed by atoms with Crippen LogP contribution in [0, 0.1) is 0 Å². The SMILES string of the molecule is CCCCCn1c(=O)c(C=NC2CCCCC2)c(O)c2cccc(CC)c21. The highest BCUT2D eigenvalue weighted by atomic mass is 16.3. The van der Waals surface area contributed by atoms with Crippen molar-refractivity contribution in [3.05, 3.63) is 39.7 Å². The minimum absolute atomic E-state index is 0.0802. The quantitative estimate of drug-likeness (QED) is 0.539. The van der Waals surface area contributed by atoms with E-state index in [0.29, 0.717) is 12.1 Å². The van der Waals surface area contributed by atoms with Crippen LogP contribution in [-0.4, -0.2) is 21.9 Å². The molecule has 0 saturated heterocycles. The van der Waals surface area contributed by atoms with Gasteiger partial charge in [-0.05, 0) is 37.3 Å². The molecule has 1 aliphatic rings. The topological polar surface area (TPSA) is 54.6 Å². The van der Waals surface area contributed by atoms with E-state index in [1.807, 2.05) is 22.8 Å². The van der Waals surface area contributed by atoms with Crippen molar-refractivity contribution >= 4 is 17.1 Å². The second-order valence-electron chi connectivity index (χ2n) is 7.66. The first-order valence-corrected chi connectivity index (χ1v) is 10.6. The summed E-state index contributed by atoms with van der Waals surface area (Å²) >= 11 is 0. The van der Waals surface area contributed by atoms with Gasteiger partial charge in [0.05, 0.1) is 5.52 Å². The second-order valence-corrected chi connectivity index (χ2v) is 7.66. The summed E-state index contributed by atoms with van der Waals surface area (Å²) < 4.78 is 1.87. The van der Waals surface area contributed by atoms with Gasteiger partial charge in [-0.15, -0.1) is 0 Å². The van der Waals surface area contributed by atoms with Crippen LogP contribution in [0.15, 0.2) is 28.0 Å². The van der Waals surface area contributed by atoms with Crippen LogP contribution >= 0.6 is 0 Å². The molecule has 1 N–H and O–H groups in total. The lowest BCUT2D eigenvalue weighted by atomic mass is 9.96. The summed E-state index contributed by atoms with van der Waals surface area (Å²) in [5.41, 5.74) is 2.22. The Morgan fingerprint density at radius 3 is 2.67 bits per heavy atom. The molecule has 2 aromatic rings. The zero-order valence-electron chi connectivity index (χ0n) is 16.7. The first-order chi connectivity index (χ1) is 13.2. The van der Waals surface area contributed by atoms with E-state index in [1.54, 1.807) is 6.21 Å². The molecule has 4 nitrogen and oxygen atoms in total. The number of para-hydroxylation sites is 1. The molecule has 1 aliphatic carbocycles. The molecule has 27 heavy (non-hydrogen) atoms. The Balaban J connectivity index is 2.10. The van der Waals surface area contributed by atoms with Crippen LogP contribution in [0.25, 0.3) is 10.9 Å². The molecule has 0 amide bonds. The number of benzene rings is 1. The summed E-state index contributed by atoms with van der Waals surface area (Å²) in [6.07, 6.45) is 11.5. The van der Waals surface area contributed by atoms with Gasteiger partial charge in [-0.2, -0.15) is 0 Å². The first kappa shape index (κ1) is 19.7.